The van der Waals surface area contributed by atoms with Gasteiger partial charge in [-0.1, -0.05) is 24.3 Å². The molecule has 1 spiro atoms. The predicted octanol–water partition coefficient (Wildman–Crippen LogP) is 2.19. The number of methoxy groups -OCH3 is 1. The van der Waals surface area contributed by atoms with Crippen LogP contribution in [0.15, 0.2) is 52.4 Å². The Morgan fingerprint density at radius 3 is 2.44 bits per heavy atom. The van der Waals surface area contributed by atoms with E-state index in [2.05, 4.69) is 5.32 Å². The summed E-state index contributed by atoms with van der Waals surface area (Å²) in [4.78, 5) is 29.3. The molecule has 2 aromatic carbocycles. The lowest BCUT2D eigenvalue weighted by molar-refractivity contribution is -0.115. The Morgan fingerprint density at radius 1 is 1.09 bits per heavy atom. The number of benzene rings is 2. The van der Waals surface area contributed by atoms with Crippen molar-refractivity contribution in [1.82, 2.24) is 9.62 Å². The molecular weight excluding hydrogens is 430 g/mol. The zero-order valence-corrected chi connectivity index (χ0v) is 19.0. The zero-order chi connectivity index (χ0) is 23.1. The Kier molecular flexibility index (Phi) is 5.64. The van der Waals surface area contributed by atoms with E-state index in [-0.39, 0.29) is 29.5 Å². The number of sulfonamides is 1. The quantitative estimate of drug-likeness (QED) is 0.712. The van der Waals surface area contributed by atoms with Crippen molar-refractivity contribution in [3.8, 4) is 0 Å². The molecule has 0 radical (unpaired) electrons. The average Bonchev–Trinajstić information content (AvgIpc) is 3.10. The van der Waals surface area contributed by atoms with E-state index in [1.165, 1.54) is 23.5 Å². The number of carbonyl (C=O) groups excluding carboxylic acids is 2. The third-order valence-electron chi connectivity index (χ3n) is 6.13. The van der Waals surface area contributed by atoms with Crippen LogP contribution in [-0.2, 0) is 19.6 Å². The molecule has 2 aliphatic heterocycles. The maximum atomic E-state index is 13.2. The molecule has 32 heavy (non-hydrogen) atoms. The molecule has 1 saturated heterocycles. The van der Waals surface area contributed by atoms with Crippen LogP contribution in [-0.4, -0.2) is 56.2 Å². The molecule has 0 unspecified atom stereocenters. The summed E-state index contributed by atoms with van der Waals surface area (Å²) in [5.74, 6) is -0.955. The molecular formula is C23H25N3O5S. The van der Waals surface area contributed by atoms with Crippen molar-refractivity contribution >= 4 is 27.6 Å². The summed E-state index contributed by atoms with van der Waals surface area (Å²) in [6, 6.07) is 11.8. The minimum atomic E-state index is -3.91. The Bertz CT molecular complexity index is 1230. The normalized spacial score (nSPS) is 18.3. The fourth-order valence-corrected chi connectivity index (χ4v) is 5.71. The molecule has 0 aromatic heterocycles. The van der Waals surface area contributed by atoms with Crippen molar-refractivity contribution in [2.45, 2.75) is 37.2 Å². The van der Waals surface area contributed by atoms with E-state index in [4.69, 9.17) is 9.73 Å². The molecule has 0 aliphatic carbocycles. The van der Waals surface area contributed by atoms with Gasteiger partial charge in [-0.25, -0.2) is 13.2 Å². The largest absolute Gasteiger partial charge is 0.465 e. The first-order valence-corrected chi connectivity index (χ1v) is 11.8. The standard InChI is InChI=1S/C23H25N3O5S/c1-15-8-9-17(14-16(15)2)20-21(27)25-23(24-20)10-12-26(13-11-23)32(29,30)19-7-5-4-6-18(19)22(28)31-3/h4-9,14H,10-13H2,1-3H3,(H,25,27). The third kappa shape index (κ3) is 3.82. The maximum Gasteiger partial charge on any atom is 0.339 e. The van der Waals surface area contributed by atoms with Crippen LogP contribution in [0.2, 0.25) is 0 Å². The van der Waals surface area contributed by atoms with Crippen molar-refractivity contribution in [3.63, 3.8) is 0 Å². The number of carbonyl (C=O) groups is 2. The lowest BCUT2D eigenvalue weighted by Crippen LogP contribution is -2.52. The van der Waals surface area contributed by atoms with Crippen LogP contribution >= 0.6 is 0 Å². The minimum absolute atomic E-state index is 0.000459. The number of piperidine rings is 1. The van der Waals surface area contributed by atoms with E-state index < -0.39 is 21.7 Å². The van der Waals surface area contributed by atoms with Gasteiger partial charge in [0.05, 0.1) is 17.6 Å². The van der Waals surface area contributed by atoms with Gasteiger partial charge in [-0.2, -0.15) is 4.31 Å². The van der Waals surface area contributed by atoms with E-state index in [1.807, 2.05) is 32.0 Å². The van der Waals surface area contributed by atoms with Crippen molar-refractivity contribution in [2.75, 3.05) is 20.2 Å². The van der Waals surface area contributed by atoms with Gasteiger partial charge in [0.2, 0.25) is 10.0 Å². The van der Waals surface area contributed by atoms with Crippen LogP contribution in [0.1, 0.15) is 39.9 Å². The lowest BCUT2D eigenvalue weighted by atomic mass is 10.00. The van der Waals surface area contributed by atoms with Crippen LogP contribution in [0.5, 0.6) is 0 Å². The smallest absolute Gasteiger partial charge is 0.339 e. The average molecular weight is 456 g/mol. The van der Waals surface area contributed by atoms with Gasteiger partial charge in [0.15, 0.2) is 0 Å². The second kappa shape index (κ2) is 8.14. The van der Waals surface area contributed by atoms with Gasteiger partial charge in [0, 0.05) is 31.5 Å². The van der Waals surface area contributed by atoms with Gasteiger partial charge in [0.1, 0.15) is 11.4 Å². The summed E-state index contributed by atoms with van der Waals surface area (Å²) in [5, 5.41) is 2.96. The lowest BCUT2D eigenvalue weighted by Gasteiger charge is -2.36. The van der Waals surface area contributed by atoms with Crippen molar-refractivity contribution in [3.05, 3.63) is 64.7 Å². The highest BCUT2D eigenvalue weighted by Gasteiger charge is 2.44. The number of rotatable bonds is 4. The number of aryl methyl sites for hydroxylation is 2. The molecule has 0 atom stereocenters. The molecule has 2 heterocycles. The molecule has 4 rings (SSSR count). The number of esters is 1. The molecule has 2 aromatic rings. The van der Waals surface area contributed by atoms with E-state index in [1.54, 1.807) is 12.1 Å². The molecule has 2 aliphatic rings. The van der Waals surface area contributed by atoms with Gasteiger partial charge < -0.3 is 10.1 Å². The first-order valence-electron chi connectivity index (χ1n) is 10.3. The summed E-state index contributed by atoms with van der Waals surface area (Å²) >= 11 is 0. The summed E-state index contributed by atoms with van der Waals surface area (Å²) in [5.41, 5.74) is 2.51. The molecule has 8 nitrogen and oxygen atoms in total. The number of hydrogen-bond acceptors (Lipinski definition) is 6. The number of hydrogen-bond donors (Lipinski definition) is 1. The van der Waals surface area contributed by atoms with Gasteiger partial charge in [0.25, 0.3) is 5.91 Å². The van der Waals surface area contributed by atoms with Gasteiger partial charge in [-0.3, -0.25) is 9.79 Å². The molecule has 1 amide bonds. The van der Waals surface area contributed by atoms with Gasteiger partial charge in [-0.05, 0) is 43.2 Å². The predicted molar refractivity (Wildman–Crippen MR) is 119 cm³/mol. The second-order valence-corrected chi connectivity index (χ2v) is 10.0. The van der Waals surface area contributed by atoms with Gasteiger partial charge in [-0.15, -0.1) is 0 Å². The highest BCUT2D eigenvalue weighted by Crippen LogP contribution is 2.32. The van der Waals surface area contributed by atoms with Crippen LogP contribution < -0.4 is 5.32 Å². The summed E-state index contributed by atoms with van der Waals surface area (Å²) < 4.78 is 32.6. The monoisotopic (exact) mass is 455 g/mol. The fourth-order valence-electron chi connectivity index (χ4n) is 4.09. The van der Waals surface area contributed by atoms with Gasteiger partial charge >= 0.3 is 5.97 Å². The number of ether oxygens (including phenoxy) is 1. The van der Waals surface area contributed by atoms with Crippen molar-refractivity contribution in [2.24, 2.45) is 4.99 Å². The number of nitrogens with one attached hydrogen (secondary N) is 1. The zero-order valence-electron chi connectivity index (χ0n) is 18.2. The molecule has 0 saturated carbocycles. The van der Waals surface area contributed by atoms with E-state index in [9.17, 15) is 18.0 Å². The topological polar surface area (TPSA) is 105 Å². The first kappa shape index (κ1) is 22.2. The highest BCUT2D eigenvalue weighted by molar-refractivity contribution is 7.89. The maximum absolute atomic E-state index is 13.2. The molecule has 1 N–H and O–H groups in total. The molecule has 168 valence electrons. The Morgan fingerprint density at radius 2 is 1.78 bits per heavy atom. The molecule has 1 fully saturated rings. The van der Waals surface area contributed by atoms with Crippen molar-refractivity contribution < 1.29 is 22.7 Å². The Balaban J connectivity index is 1.57. The van der Waals surface area contributed by atoms with Crippen molar-refractivity contribution in [1.29, 1.82) is 0 Å². The number of nitrogens with zero attached hydrogens (tertiary/aromatic N) is 2. The van der Waals surface area contributed by atoms with Crippen LogP contribution in [0.4, 0.5) is 0 Å². The van der Waals surface area contributed by atoms with E-state index >= 15 is 0 Å². The van der Waals surface area contributed by atoms with Crippen LogP contribution in [0.3, 0.4) is 0 Å². The Hall–Kier alpha value is -3.04. The molecule has 9 heteroatoms. The minimum Gasteiger partial charge on any atom is -0.465 e. The fraction of sp³-hybridized carbons (Fsp3) is 0.348. The highest BCUT2D eigenvalue weighted by atomic mass is 32.2. The van der Waals surface area contributed by atoms with Crippen LogP contribution in [0.25, 0.3) is 0 Å². The summed E-state index contributed by atoms with van der Waals surface area (Å²) in [6.07, 6.45) is 0.680. The van der Waals surface area contributed by atoms with Crippen LogP contribution in [0, 0.1) is 13.8 Å². The SMILES string of the molecule is COC(=O)c1ccccc1S(=O)(=O)N1CCC2(CC1)N=C(c1ccc(C)c(C)c1)C(=O)N2. The third-order valence-corrected chi connectivity index (χ3v) is 8.08. The number of amides is 1. The summed E-state index contributed by atoms with van der Waals surface area (Å²) in [6.45, 7) is 4.33. The first-order chi connectivity index (χ1) is 15.2. The number of aliphatic imine (C=N–C) groups is 1. The Labute approximate surface area is 187 Å². The second-order valence-electron chi connectivity index (χ2n) is 8.14. The van der Waals surface area contributed by atoms with E-state index in [0.717, 1.165) is 16.7 Å². The summed E-state index contributed by atoms with van der Waals surface area (Å²) in [7, 11) is -2.70. The van der Waals surface area contributed by atoms with E-state index in [0.29, 0.717) is 18.6 Å². The molecule has 0 bridgehead atoms.